The van der Waals surface area contributed by atoms with Crippen LogP contribution in [0, 0.1) is 0 Å². The maximum absolute atomic E-state index is 13.5. The van der Waals surface area contributed by atoms with Gasteiger partial charge in [-0.2, -0.15) is 0 Å². The van der Waals surface area contributed by atoms with E-state index < -0.39 is 32.5 Å². The first kappa shape index (κ1) is 75.6. The summed E-state index contributed by atoms with van der Waals surface area (Å²) in [5, 5.41) is 2.97. The van der Waals surface area contributed by atoms with Crippen molar-refractivity contribution in [2.45, 2.75) is 232 Å². The number of hydrogen-bond donors (Lipinski definition) is 1. The fraction of sp³-hybridized carbons (Fsp3) is 0.600. The molecule has 0 rings (SSSR count). The van der Waals surface area contributed by atoms with Crippen LogP contribution in [0.5, 0.6) is 0 Å². The van der Waals surface area contributed by atoms with Crippen molar-refractivity contribution >= 4 is 19.7 Å². The van der Waals surface area contributed by atoms with Crippen LogP contribution in [0.25, 0.3) is 0 Å². The number of phosphoric ester groups is 1. The van der Waals surface area contributed by atoms with Crippen LogP contribution >= 0.6 is 7.82 Å². The van der Waals surface area contributed by atoms with Gasteiger partial charge in [0.05, 0.1) is 33.8 Å². The number of amides is 1. The summed E-state index contributed by atoms with van der Waals surface area (Å²) >= 11 is 0. The molecule has 3 unspecified atom stereocenters. The maximum atomic E-state index is 13.5. The molecule has 10 heteroatoms. The molecule has 1 N–H and O–H groups in total. The summed E-state index contributed by atoms with van der Waals surface area (Å²) in [6.45, 7) is 6.51. The predicted molar refractivity (Wildman–Crippen MR) is 343 cm³/mol. The average Bonchev–Trinajstić information content (AvgIpc) is 3.43. The van der Waals surface area contributed by atoms with Crippen molar-refractivity contribution in [1.82, 2.24) is 5.32 Å². The molecule has 0 aliphatic heterocycles. The number of esters is 1. The zero-order valence-electron chi connectivity index (χ0n) is 51.5. The van der Waals surface area contributed by atoms with Gasteiger partial charge in [0.2, 0.25) is 5.91 Å². The Balaban J connectivity index is 5.42. The van der Waals surface area contributed by atoms with Crippen molar-refractivity contribution in [3.05, 3.63) is 158 Å². The molecule has 0 spiro atoms. The lowest BCUT2D eigenvalue weighted by molar-refractivity contribution is -0.870. The number of nitrogens with one attached hydrogen (secondary N) is 1. The molecule has 0 aromatic carbocycles. The van der Waals surface area contributed by atoms with E-state index in [-0.39, 0.29) is 25.4 Å². The molecule has 0 heterocycles. The fourth-order valence-corrected chi connectivity index (χ4v) is 8.68. The van der Waals surface area contributed by atoms with Crippen LogP contribution in [0.15, 0.2) is 158 Å². The lowest BCUT2D eigenvalue weighted by Gasteiger charge is -2.30. The van der Waals surface area contributed by atoms with E-state index in [9.17, 15) is 19.0 Å². The molecule has 9 nitrogen and oxygen atoms in total. The molecule has 0 aliphatic carbocycles. The van der Waals surface area contributed by atoms with Crippen LogP contribution < -0.4 is 10.2 Å². The number of likely N-dealkylation sites (N-methyl/N-ethyl adjacent to an activating group) is 1. The van der Waals surface area contributed by atoms with Crippen LogP contribution in [0.4, 0.5) is 0 Å². The number of hydrogen-bond acceptors (Lipinski definition) is 7. The SMILES string of the molecule is CC/C=C\C/C=C\C/C=C\C/C=C\C/C=C\C/C=C\CCCCCCC(=O)OC(/C=C/CCCCCCCCCCCC)C(COP(=O)([O-])OCC[N+](C)(C)C)NC(=O)CC/C=C\C/C=C\C/C=C\C/C=C\C/C=C\C/C=C\CC. The van der Waals surface area contributed by atoms with Gasteiger partial charge in [0.15, 0.2) is 0 Å². The van der Waals surface area contributed by atoms with E-state index in [0.29, 0.717) is 23.9 Å². The molecule has 0 saturated carbocycles. The largest absolute Gasteiger partial charge is 0.756 e. The maximum Gasteiger partial charge on any atom is 0.306 e. The molecule has 80 heavy (non-hydrogen) atoms. The number of carbonyl (C=O) groups is 2. The molecule has 0 saturated heterocycles. The third-order valence-electron chi connectivity index (χ3n) is 12.7. The van der Waals surface area contributed by atoms with Crippen LogP contribution in [-0.2, 0) is 27.9 Å². The monoisotopic (exact) mass is 1130 g/mol. The molecule has 0 aromatic heterocycles. The minimum Gasteiger partial charge on any atom is -0.756 e. The Morgan fingerprint density at radius 2 is 0.812 bits per heavy atom. The van der Waals surface area contributed by atoms with Gasteiger partial charge in [-0.1, -0.05) is 243 Å². The number of unbranched alkanes of at least 4 members (excludes halogenated alkanes) is 14. The van der Waals surface area contributed by atoms with Crippen molar-refractivity contribution in [3.8, 4) is 0 Å². The van der Waals surface area contributed by atoms with Crippen LogP contribution in [0.1, 0.15) is 220 Å². The van der Waals surface area contributed by atoms with Crippen LogP contribution in [0.3, 0.4) is 0 Å². The average molecular weight is 1130 g/mol. The third-order valence-corrected chi connectivity index (χ3v) is 13.7. The topological polar surface area (TPSA) is 114 Å². The van der Waals surface area contributed by atoms with Crippen molar-refractivity contribution in [2.24, 2.45) is 0 Å². The van der Waals surface area contributed by atoms with E-state index in [1.54, 1.807) is 6.08 Å². The molecule has 0 bridgehead atoms. The van der Waals surface area contributed by atoms with Gasteiger partial charge in [0, 0.05) is 12.8 Å². The second-order valence-electron chi connectivity index (χ2n) is 21.4. The van der Waals surface area contributed by atoms with Gasteiger partial charge in [-0.25, -0.2) is 0 Å². The van der Waals surface area contributed by atoms with E-state index in [2.05, 4.69) is 160 Å². The summed E-state index contributed by atoms with van der Waals surface area (Å²) in [4.78, 5) is 40.0. The first-order valence-electron chi connectivity index (χ1n) is 31.3. The van der Waals surface area contributed by atoms with Crippen molar-refractivity contribution in [2.75, 3.05) is 40.9 Å². The van der Waals surface area contributed by atoms with Gasteiger partial charge >= 0.3 is 5.97 Å². The first-order valence-corrected chi connectivity index (χ1v) is 32.8. The zero-order chi connectivity index (χ0) is 58.6. The van der Waals surface area contributed by atoms with Crippen LogP contribution in [0.2, 0.25) is 0 Å². The molecular weight excluding hydrogens is 1010 g/mol. The third kappa shape index (κ3) is 58.3. The predicted octanol–water partition coefficient (Wildman–Crippen LogP) is 19.0. The lowest BCUT2D eigenvalue weighted by Crippen LogP contribution is -2.47. The molecule has 1 amide bonds. The second-order valence-corrected chi connectivity index (χ2v) is 22.9. The van der Waals surface area contributed by atoms with Crippen LogP contribution in [-0.4, -0.2) is 69.4 Å². The minimum atomic E-state index is -4.74. The summed E-state index contributed by atoms with van der Waals surface area (Å²) in [7, 11) is 1.10. The van der Waals surface area contributed by atoms with E-state index in [4.69, 9.17) is 13.8 Å². The standard InChI is InChI=1S/C70H115N2O7P/c1-7-10-13-16-19-22-25-28-30-32-34-35-36-37-39-41-43-45-48-51-54-57-60-63-70(74)79-68(61-58-55-52-49-46-27-24-21-18-15-12-9-3)67(66-78-80(75,76)77-65-64-72(4,5)6)71-69(73)62-59-56-53-50-47-44-42-40-38-33-31-29-26-23-20-17-14-11-8-2/h10-11,13-14,19-20,22-23,28-31,34-35,37-40,43-45,47,53,56,58,61,67-68H,7-9,12,15-18,21,24-27,32-33,36,41-42,46,48-52,54-55,57,59-60,62-66H2,1-6H3,(H-,71,73,75,76)/b13-10-,14-11-,22-19-,23-20-,30-28-,31-29-,35-34-,39-37-,40-38-,45-43-,47-44-,56-53-,61-58+. The highest BCUT2D eigenvalue weighted by molar-refractivity contribution is 7.45. The summed E-state index contributed by atoms with van der Waals surface area (Å²) in [5.41, 5.74) is 0. The van der Waals surface area contributed by atoms with Gasteiger partial charge in [-0.05, 0) is 122 Å². The van der Waals surface area contributed by atoms with Gasteiger partial charge in [-0.3, -0.25) is 14.2 Å². The molecule has 0 radical (unpaired) electrons. The summed E-state index contributed by atoms with van der Waals surface area (Å²) in [5.74, 6) is -0.682. The number of carbonyl (C=O) groups excluding carboxylic acids is 2. The Kier molecular flexibility index (Phi) is 54.7. The number of quaternary nitrogens is 1. The van der Waals surface area contributed by atoms with E-state index in [1.165, 1.54) is 51.4 Å². The van der Waals surface area contributed by atoms with Gasteiger partial charge in [0.25, 0.3) is 7.82 Å². The Morgan fingerprint density at radius 3 is 1.23 bits per heavy atom. The molecular formula is C70H115N2O7P. The Morgan fingerprint density at radius 1 is 0.450 bits per heavy atom. The highest BCUT2D eigenvalue weighted by atomic mass is 31.2. The van der Waals surface area contributed by atoms with E-state index >= 15 is 0 Å². The van der Waals surface area contributed by atoms with Crippen molar-refractivity contribution in [3.63, 3.8) is 0 Å². The summed E-state index contributed by atoms with van der Waals surface area (Å²) in [6.07, 6.45) is 85.2. The number of ether oxygens (including phenoxy) is 1. The molecule has 0 aliphatic rings. The zero-order valence-corrected chi connectivity index (χ0v) is 52.4. The van der Waals surface area contributed by atoms with Gasteiger partial charge in [0.1, 0.15) is 19.3 Å². The molecule has 452 valence electrons. The van der Waals surface area contributed by atoms with Crippen molar-refractivity contribution in [1.29, 1.82) is 0 Å². The van der Waals surface area contributed by atoms with Gasteiger partial charge in [-0.15, -0.1) is 0 Å². The van der Waals surface area contributed by atoms with Gasteiger partial charge < -0.3 is 28.5 Å². The number of nitrogens with zero attached hydrogens (tertiary/aromatic N) is 1. The molecule has 3 atom stereocenters. The molecule has 0 fully saturated rings. The Hall–Kier alpha value is -4.37. The summed E-state index contributed by atoms with van der Waals surface area (Å²) in [6, 6.07) is -0.952. The molecule has 0 aromatic rings. The van der Waals surface area contributed by atoms with Crippen molar-refractivity contribution < 1.29 is 37.3 Å². The number of allylic oxidation sites excluding steroid dienone is 25. The Labute approximate surface area is 490 Å². The second kappa shape index (κ2) is 57.8. The highest BCUT2D eigenvalue weighted by Gasteiger charge is 2.27. The summed E-state index contributed by atoms with van der Waals surface area (Å²) < 4.78 is 30.2. The highest BCUT2D eigenvalue weighted by Crippen LogP contribution is 2.38. The first-order chi connectivity index (χ1) is 38.9. The smallest absolute Gasteiger partial charge is 0.306 e. The lowest BCUT2D eigenvalue weighted by atomic mass is 10.1. The Bertz CT molecular complexity index is 1920. The number of phosphoric acid groups is 1. The van der Waals surface area contributed by atoms with E-state index in [0.717, 1.165) is 122 Å². The normalized spacial score (nSPS) is 14.7. The number of rotatable bonds is 54. The fourth-order valence-electron chi connectivity index (χ4n) is 7.96. The van der Waals surface area contributed by atoms with E-state index in [1.807, 2.05) is 39.4 Å². The minimum absolute atomic E-state index is 0.0498. The quantitative estimate of drug-likeness (QED) is 0.0212.